The number of hydrogen-bond donors (Lipinski definition) is 1. The molecule has 2 aromatic carbocycles. The second kappa shape index (κ2) is 6.01. The first-order valence-electron chi connectivity index (χ1n) is 7.34. The zero-order valence-electron chi connectivity index (χ0n) is 13.3. The third kappa shape index (κ3) is 2.77. The fraction of sp³-hybridized carbons (Fsp3) is 0.176. The van der Waals surface area contributed by atoms with Crippen molar-refractivity contribution < 1.29 is 4.92 Å². The third-order valence-electron chi connectivity index (χ3n) is 3.89. The molecule has 7 nitrogen and oxygen atoms in total. The van der Waals surface area contributed by atoms with Gasteiger partial charge in [-0.2, -0.15) is 5.26 Å². The van der Waals surface area contributed by atoms with Crippen LogP contribution in [-0.2, 0) is 13.6 Å². The third-order valence-corrected chi connectivity index (χ3v) is 3.89. The van der Waals surface area contributed by atoms with E-state index in [-0.39, 0.29) is 5.69 Å². The molecule has 1 heterocycles. The molecule has 1 N–H and O–H groups in total. The normalized spacial score (nSPS) is 10.5. The molecule has 0 bridgehead atoms. The second-order valence-corrected chi connectivity index (χ2v) is 5.53. The Labute approximate surface area is 138 Å². The summed E-state index contributed by atoms with van der Waals surface area (Å²) in [6, 6.07) is 12.2. The van der Waals surface area contributed by atoms with E-state index in [0.29, 0.717) is 17.8 Å². The van der Waals surface area contributed by atoms with Crippen molar-refractivity contribution >= 4 is 22.4 Å². The van der Waals surface area contributed by atoms with Crippen molar-refractivity contribution in [3.63, 3.8) is 0 Å². The zero-order valence-corrected chi connectivity index (χ0v) is 13.3. The van der Waals surface area contributed by atoms with Crippen LogP contribution in [0, 0.1) is 28.4 Å². The van der Waals surface area contributed by atoms with Gasteiger partial charge in [0.15, 0.2) is 0 Å². The molecule has 0 atom stereocenters. The topological polar surface area (TPSA) is 96.8 Å². The van der Waals surface area contributed by atoms with Gasteiger partial charge in [0.1, 0.15) is 11.5 Å². The first-order valence-corrected chi connectivity index (χ1v) is 7.34. The van der Waals surface area contributed by atoms with Gasteiger partial charge in [-0.05, 0) is 36.8 Å². The summed E-state index contributed by atoms with van der Waals surface area (Å²) in [5.74, 6) is 0.757. The van der Waals surface area contributed by atoms with Gasteiger partial charge in [0.05, 0.1) is 34.1 Å². The molecular formula is C17H15N5O2. The van der Waals surface area contributed by atoms with Crippen molar-refractivity contribution in [2.24, 2.45) is 7.05 Å². The summed E-state index contributed by atoms with van der Waals surface area (Å²) in [7, 11) is 1.90. The Morgan fingerprint density at radius 2 is 2.12 bits per heavy atom. The first kappa shape index (κ1) is 15.5. The van der Waals surface area contributed by atoms with Gasteiger partial charge in [-0.25, -0.2) is 4.98 Å². The molecule has 0 saturated carbocycles. The van der Waals surface area contributed by atoms with Gasteiger partial charge >= 0.3 is 0 Å². The highest BCUT2D eigenvalue weighted by Crippen LogP contribution is 2.26. The number of nitrogens with one attached hydrogen (secondary N) is 1. The lowest BCUT2D eigenvalue weighted by molar-refractivity contribution is -0.384. The molecule has 120 valence electrons. The molecule has 0 amide bonds. The minimum Gasteiger partial charge on any atom is -0.372 e. The van der Waals surface area contributed by atoms with E-state index in [9.17, 15) is 10.1 Å². The number of hydrogen-bond acceptors (Lipinski definition) is 5. The minimum atomic E-state index is -0.470. The van der Waals surface area contributed by atoms with E-state index in [0.717, 1.165) is 22.4 Å². The largest absolute Gasteiger partial charge is 0.372 e. The van der Waals surface area contributed by atoms with Crippen molar-refractivity contribution in [1.82, 2.24) is 9.55 Å². The number of nitro benzene ring substituents is 1. The molecule has 24 heavy (non-hydrogen) atoms. The highest BCUT2D eigenvalue weighted by atomic mass is 16.6. The van der Waals surface area contributed by atoms with Crippen LogP contribution in [0.3, 0.4) is 0 Å². The van der Waals surface area contributed by atoms with Crippen LogP contribution in [-0.4, -0.2) is 14.5 Å². The lowest BCUT2D eigenvalue weighted by Gasteiger charge is -2.07. The summed E-state index contributed by atoms with van der Waals surface area (Å²) in [6.45, 7) is 2.32. The monoisotopic (exact) mass is 321 g/mol. The highest BCUT2D eigenvalue weighted by molar-refractivity contribution is 5.77. The number of nitrogens with zero attached hydrogens (tertiary/aromatic N) is 4. The van der Waals surface area contributed by atoms with Crippen molar-refractivity contribution in [2.45, 2.75) is 13.5 Å². The molecule has 0 radical (unpaired) electrons. The summed E-state index contributed by atoms with van der Waals surface area (Å²) in [5.41, 5.74) is 3.61. The van der Waals surface area contributed by atoms with Gasteiger partial charge < -0.3 is 9.88 Å². The van der Waals surface area contributed by atoms with Crippen molar-refractivity contribution in [3.8, 4) is 6.07 Å². The minimum absolute atomic E-state index is 0.0661. The molecule has 0 aliphatic rings. The molecule has 3 aromatic rings. The van der Waals surface area contributed by atoms with Gasteiger partial charge in [-0.3, -0.25) is 10.1 Å². The van der Waals surface area contributed by atoms with Crippen LogP contribution in [0.15, 0.2) is 36.4 Å². The van der Waals surface area contributed by atoms with E-state index in [1.54, 1.807) is 0 Å². The van der Waals surface area contributed by atoms with E-state index in [2.05, 4.69) is 10.3 Å². The van der Waals surface area contributed by atoms with Gasteiger partial charge in [-0.1, -0.05) is 6.07 Å². The molecule has 0 unspecified atom stereocenters. The standard InChI is InChI=1S/C17H15N5O2/c1-11-3-5-15-14(7-11)20-17(21(15)2)10-19-13-8-12(9-18)4-6-16(13)22(23)24/h3-8,19H,10H2,1-2H3. The summed E-state index contributed by atoms with van der Waals surface area (Å²) >= 11 is 0. The fourth-order valence-electron chi connectivity index (χ4n) is 2.60. The number of aryl methyl sites for hydroxylation is 2. The highest BCUT2D eigenvalue weighted by Gasteiger charge is 2.15. The summed E-state index contributed by atoms with van der Waals surface area (Å²) < 4.78 is 1.95. The smallest absolute Gasteiger partial charge is 0.292 e. The van der Waals surface area contributed by atoms with Gasteiger partial charge in [0.2, 0.25) is 0 Å². The average molecular weight is 321 g/mol. The predicted molar refractivity (Wildman–Crippen MR) is 90.6 cm³/mol. The summed E-state index contributed by atoms with van der Waals surface area (Å²) in [5, 5.41) is 23.1. The molecular weight excluding hydrogens is 306 g/mol. The van der Waals surface area contributed by atoms with Crippen LogP contribution >= 0.6 is 0 Å². The fourth-order valence-corrected chi connectivity index (χ4v) is 2.60. The summed E-state index contributed by atoms with van der Waals surface area (Å²) in [6.07, 6.45) is 0. The Morgan fingerprint density at radius 3 is 2.83 bits per heavy atom. The van der Waals surface area contributed by atoms with Crippen LogP contribution in [0.5, 0.6) is 0 Å². The van der Waals surface area contributed by atoms with Crippen LogP contribution in [0.4, 0.5) is 11.4 Å². The molecule has 0 aliphatic carbocycles. The lowest BCUT2D eigenvalue weighted by atomic mass is 10.2. The molecule has 3 rings (SSSR count). The molecule has 0 fully saturated rings. The maximum atomic E-state index is 11.1. The quantitative estimate of drug-likeness (QED) is 0.587. The molecule has 0 saturated heterocycles. The number of nitriles is 1. The van der Waals surface area contributed by atoms with E-state index in [1.165, 1.54) is 18.2 Å². The molecule has 0 spiro atoms. The Kier molecular flexibility index (Phi) is 3.88. The van der Waals surface area contributed by atoms with Crippen molar-refractivity contribution in [3.05, 3.63) is 63.5 Å². The lowest BCUT2D eigenvalue weighted by Crippen LogP contribution is -2.07. The van der Waals surface area contributed by atoms with E-state index in [4.69, 9.17) is 5.26 Å². The molecule has 0 aliphatic heterocycles. The van der Waals surface area contributed by atoms with Gasteiger partial charge in [0, 0.05) is 13.1 Å². The zero-order chi connectivity index (χ0) is 17.3. The van der Waals surface area contributed by atoms with Crippen molar-refractivity contribution in [1.29, 1.82) is 5.26 Å². The van der Waals surface area contributed by atoms with Crippen molar-refractivity contribution in [2.75, 3.05) is 5.32 Å². The number of benzene rings is 2. The Bertz CT molecular complexity index is 985. The number of imidazole rings is 1. The molecule has 1 aromatic heterocycles. The van der Waals surface area contributed by atoms with Crippen LogP contribution in [0.2, 0.25) is 0 Å². The Morgan fingerprint density at radius 1 is 1.33 bits per heavy atom. The van der Waals surface area contributed by atoms with Gasteiger partial charge in [0.25, 0.3) is 5.69 Å². The first-order chi connectivity index (χ1) is 11.5. The van der Waals surface area contributed by atoms with Crippen LogP contribution in [0.25, 0.3) is 11.0 Å². The number of fused-ring (bicyclic) bond motifs is 1. The number of nitro groups is 1. The Hall–Kier alpha value is -3.40. The van der Waals surface area contributed by atoms with E-state index >= 15 is 0 Å². The van der Waals surface area contributed by atoms with E-state index in [1.807, 2.05) is 42.8 Å². The average Bonchev–Trinajstić information content (AvgIpc) is 2.87. The second-order valence-electron chi connectivity index (χ2n) is 5.53. The number of aromatic nitrogens is 2. The number of anilines is 1. The number of rotatable bonds is 4. The summed E-state index contributed by atoms with van der Waals surface area (Å²) in [4.78, 5) is 15.2. The van der Waals surface area contributed by atoms with Crippen LogP contribution in [0.1, 0.15) is 17.0 Å². The maximum absolute atomic E-state index is 11.1. The Balaban J connectivity index is 1.92. The SMILES string of the molecule is Cc1ccc2c(c1)nc(CNc1cc(C#N)ccc1[N+](=O)[O-])n2C. The van der Waals surface area contributed by atoms with E-state index < -0.39 is 4.92 Å². The predicted octanol–water partition coefficient (Wildman–Crippen LogP) is 3.27. The van der Waals surface area contributed by atoms with Gasteiger partial charge in [-0.15, -0.1) is 0 Å². The van der Waals surface area contributed by atoms with Crippen LogP contribution < -0.4 is 5.32 Å². The maximum Gasteiger partial charge on any atom is 0.292 e. The molecule has 7 heteroatoms.